The van der Waals surface area contributed by atoms with Gasteiger partial charge in [-0.2, -0.15) is 0 Å². The molecule has 1 atom stereocenters. The van der Waals surface area contributed by atoms with Crippen molar-refractivity contribution in [3.8, 4) is 17.0 Å². The van der Waals surface area contributed by atoms with Crippen molar-refractivity contribution in [2.75, 3.05) is 6.54 Å². The van der Waals surface area contributed by atoms with Crippen LogP contribution in [-0.2, 0) is 11.3 Å². The number of hydrogen-bond acceptors (Lipinski definition) is 4. The van der Waals surface area contributed by atoms with E-state index in [0.717, 1.165) is 25.9 Å². The predicted octanol–water partition coefficient (Wildman–Crippen LogP) is 5.91. The predicted molar refractivity (Wildman–Crippen MR) is 122 cm³/mol. The molecular weight excluding hydrogens is 416 g/mol. The molecule has 30 heavy (non-hydrogen) atoms. The summed E-state index contributed by atoms with van der Waals surface area (Å²) < 4.78 is 6.72. The van der Waals surface area contributed by atoms with E-state index in [2.05, 4.69) is 23.7 Å². The lowest BCUT2D eigenvalue weighted by atomic mass is 9.84. The van der Waals surface area contributed by atoms with Gasteiger partial charge in [-0.1, -0.05) is 42.4 Å². The molecule has 3 heterocycles. The number of ether oxygens (including phenoxy) is 1. The number of benzene rings is 1. The maximum atomic E-state index is 12.4. The molecule has 2 aromatic heterocycles. The highest BCUT2D eigenvalue weighted by atomic mass is 35.5. The number of hydrogen-bond donors (Lipinski definition) is 0. The van der Waals surface area contributed by atoms with Gasteiger partial charge in [0.2, 0.25) is 11.8 Å². The van der Waals surface area contributed by atoms with E-state index in [0.29, 0.717) is 19.0 Å². The van der Waals surface area contributed by atoms with Gasteiger partial charge < -0.3 is 9.64 Å². The molecule has 0 bridgehead atoms. The van der Waals surface area contributed by atoms with Gasteiger partial charge in [-0.05, 0) is 54.8 Å². The molecule has 6 heteroatoms. The fourth-order valence-electron chi connectivity index (χ4n) is 3.91. The average molecular weight is 439 g/mol. The smallest absolute Gasteiger partial charge is 0.246 e. The molecule has 0 radical (unpaired) electrons. The molecule has 1 aliphatic heterocycles. The van der Waals surface area contributed by atoms with E-state index < -0.39 is 0 Å². The van der Waals surface area contributed by atoms with Gasteiger partial charge in [0, 0.05) is 29.1 Å². The lowest BCUT2D eigenvalue weighted by Crippen LogP contribution is -2.37. The van der Waals surface area contributed by atoms with Gasteiger partial charge in [0.05, 0.1) is 17.0 Å². The zero-order chi connectivity index (χ0) is 21.3. The van der Waals surface area contributed by atoms with Gasteiger partial charge in [0.25, 0.3) is 0 Å². The van der Waals surface area contributed by atoms with Crippen LogP contribution in [0.4, 0.5) is 0 Å². The molecule has 4 nitrogen and oxygen atoms in total. The van der Waals surface area contributed by atoms with E-state index in [1.54, 1.807) is 6.20 Å². The van der Waals surface area contributed by atoms with Crippen LogP contribution in [0, 0.1) is 0 Å². The average Bonchev–Trinajstić information content (AvgIpc) is 3.12. The molecule has 3 aromatic rings. The number of rotatable bonds is 5. The zero-order valence-electron chi connectivity index (χ0n) is 17.0. The van der Waals surface area contributed by atoms with Crippen molar-refractivity contribution in [3.05, 3.63) is 81.7 Å². The van der Waals surface area contributed by atoms with Crippen LogP contribution in [-0.4, -0.2) is 28.4 Å². The number of pyridine rings is 1. The first kappa shape index (κ1) is 20.6. The Kier molecular flexibility index (Phi) is 5.93. The lowest BCUT2D eigenvalue weighted by Gasteiger charge is -2.33. The van der Waals surface area contributed by atoms with Crippen LogP contribution in [0.5, 0.6) is 5.88 Å². The van der Waals surface area contributed by atoms with Crippen LogP contribution in [0.2, 0.25) is 4.34 Å². The minimum Gasteiger partial charge on any atom is -0.475 e. The number of fused-ring (bicyclic) bond motifs is 1. The van der Waals surface area contributed by atoms with Gasteiger partial charge in [-0.25, -0.2) is 4.98 Å². The molecule has 1 aliphatic rings. The Morgan fingerprint density at radius 2 is 2.03 bits per heavy atom. The van der Waals surface area contributed by atoms with Crippen molar-refractivity contribution in [1.82, 2.24) is 9.88 Å². The van der Waals surface area contributed by atoms with Gasteiger partial charge in [-0.3, -0.25) is 4.79 Å². The first-order valence-electron chi connectivity index (χ1n) is 9.88. The Morgan fingerprint density at radius 1 is 1.27 bits per heavy atom. The van der Waals surface area contributed by atoms with Crippen molar-refractivity contribution in [1.29, 1.82) is 0 Å². The summed E-state index contributed by atoms with van der Waals surface area (Å²) in [5.74, 6) is 0.543. The van der Waals surface area contributed by atoms with E-state index in [1.807, 2.05) is 49.1 Å². The third-order valence-electron chi connectivity index (χ3n) is 5.16. The third kappa shape index (κ3) is 4.00. The Labute approximate surface area is 185 Å². The van der Waals surface area contributed by atoms with Crippen LogP contribution in [0.3, 0.4) is 0 Å². The first-order chi connectivity index (χ1) is 14.5. The van der Waals surface area contributed by atoms with Crippen LogP contribution in [0.1, 0.15) is 35.8 Å². The number of halogens is 1. The molecule has 0 spiro atoms. The Morgan fingerprint density at radius 3 is 2.80 bits per heavy atom. The number of nitrogens with zero attached hydrogens (tertiary/aromatic N) is 2. The van der Waals surface area contributed by atoms with Crippen molar-refractivity contribution in [3.63, 3.8) is 0 Å². The molecule has 0 unspecified atom stereocenters. The first-order valence-corrected chi connectivity index (χ1v) is 11.1. The van der Waals surface area contributed by atoms with E-state index in [-0.39, 0.29) is 17.9 Å². The monoisotopic (exact) mass is 438 g/mol. The van der Waals surface area contributed by atoms with Gasteiger partial charge >= 0.3 is 0 Å². The number of carbonyl (C=O) groups excluding carboxylic acids is 1. The maximum absolute atomic E-state index is 12.4. The number of amides is 1. The molecule has 154 valence electrons. The van der Waals surface area contributed by atoms with E-state index in [1.165, 1.54) is 23.0 Å². The highest BCUT2D eigenvalue weighted by molar-refractivity contribution is 7.16. The Balaban J connectivity index is 1.85. The van der Waals surface area contributed by atoms with Crippen LogP contribution in [0.15, 0.2) is 61.3 Å². The summed E-state index contributed by atoms with van der Waals surface area (Å²) in [6.07, 6.45) is 3.13. The van der Waals surface area contributed by atoms with Gasteiger partial charge in [0.1, 0.15) is 0 Å². The van der Waals surface area contributed by atoms with Crippen LogP contribution < -0.4 is 4.74 Å². The quantitative estimate of drug-likeness (QED) is 0.465. The summed E-state index contributed by atoms with van der Waals surface area (Å²) in [4.78, 5) is 19.9. The van der Waals surface area contributed by atoms with E-state index in [9.17, 15) is 4.79 Å². The standard InChI is InChI=1S/C24H23ClN2O2S/c1-4-23(28)27-13-20(19-12-22(25)30-21(19)14-27)17-9-6-5-8-16(17)18-10-7-11-26-24(18)29-15(2)3/h4-12,15,20H,1,13-14H2,2-3H3/t20-/m0/s1. The fourth-order valence-corrected chi connectivity index (χ4v) is 5.26. The summed E-state index contributed by atoms with van der Waals surface area (Å²) >= 11 is 7.90. The maximum Gasteiger partial charge on any atom is 0.246 e. The zero-order valence-corrected chi connectivity index (χ0v) is 18.5. The van der Waals surface area contributed by atoms with Gasteiger partial charge in [0.15, 0.2) is 0 Å². The summed E-state index contributed by atoms with van der Waals surface area (Å²) in [6.45, 7) is 8.77. The Hall–Kier alpha value is -2.63. The second-order valence-electron chi connectivity index (χ2n) is 7.51. The molecule has 0 saturated heterocycles. The van der Waals surface area contributed by atoms with E-state index in [4.69, 9.17) is 16.3 Å². The SMILES string of the molecule is C=CC(=O)N1Cc2sc(Cl)cc2[C@H](c2ccccc2-c2cccnc2OC(C)C)C1. The molecule has 0 saturated carbocycles. The van der Waals surface area contributed by atoms with Crippen molar-refractivity contribution >= 4 is 28.8 Å². The second-order valence-corrected chi connectivity index (χ2v) is 9.28. The number of aromatic nitrogens is 1. The highest BCUT2D eigenvalue weighted by Gasteiger charge is 2.32. The summed E-state index contributed by atoms with van der Waals surface area (Å²) in [5, 5.41) is 0. The fraction of sp³-hybridized carbons (Fsp3) is 0.250. The molecule has 1 aromatic carbocycles. The number of carbonyl (C=O) groups is 1. The third-order valence-corrected chi connectivity index (χ3v) is 6.42. The van der Waals surface area contributed by atoms with E-state index >= 15 is 0 Å². The second kappa shape index (κ2) is 8.62. The minimum atomic E-state index is -0.0714. The summed E-state index contributed by atoms with van der Waals surface area (Å²) in [5.41, 5.74) is 4.29. The van der Waals surface area contributed by atoms with Crippen molar-refractivity contribution in [2.24, 2.45) is 0 Å². The summed E-state index contributed by atoms with van der Waals surface area (Å²) in [6, 6.07) is 14.2. The molecule has 0 N–H and O–H groups in total. The highest BCUT2D eigenvalue weighted by Crippen LogP contribution is 2.44. The molecular formula is C24H23ClN2O2S. The molecule has 4 rings (SSSR count). The lowest BCUT2D eigenvalue weighted by molar-refractivity contribution is -0.127. The number of thiophene rings is 1. The topological polar surface area (TPSA) is 42.4 Å². The molecule has 0 aliphatic carbocycles. The molecule has 1 amide bonds. The van der Waals surface area contributed by atoms with Crippen LogP contribution in [0.25, 0.3) is 11.1 Å². The molecule has 0 fully saturated rings. The van der Waals surface area contributed by atoms with Crippen LogP contribution >= 0.6 is 22.9 Å². The van der Waals surface area contributed by atoms with Gasteiger partial charge in [-0.15, -0.1) is 11.3 Å². The normalized spacial score (nSPS) is 15.7. The largest absolute Gasteiger partial charge is 0.475 e. The summed E-state index contributed by atoms with van der Waals surface area (Å²) in [7, 11) is 0. The Bertz CT molecular complexity index is 1090. The minimum absolute atomic E-state index is 0.00436. The van der Waals surface area contributed by atoms with Crippen molar-refractivity contribution in [2.45, 2.75) is 32.4 Å². The van der Waals surface area contributed by atoms with Crippen molar-refractivity contribution < 1.29 is 9.53 Å².